The Morgan fingerprint density at radius 3 is 2.48 bits per heavy atom. The molecule has 0 atom stereocenters. The van der Waals surface area contributed by atoms with E-state index in [1.54, 1.807) is 17.0 Å². The summed E-state index contributed by atoms with van der Waals surface area (Å²) in [5.74, 6) is 1.12. The molecule has 0 fully saturated rings. The zero-order valence-electron chi connectivity index (χ0n) is 12.7. The van der Waals surface area contributed by atoms with Crippen LogP contribution >= 0.6 is 15.9 Å². The van der Waals surface area contributed by atoms with E-state index >= 15 is 0 Å². The van der Waals surface area contributed by atoms with Gasteiger partial charge in [-0.05, 0) is 43.0 Å². The van der Waals surface area contributed by atoms with Crippen LogP contribution in [0.15, 0.2) is 33.8 Å². The summed E-state index contributed by atoms with van der Waals surface area (Å²) in [5.41, 5.74) is 1.91. The average Bonchev–Trinajstić information content (AvgIpc) is 2.40. The Kier molecular flexibility index (Phi) is 4.83. The van der Waals surface area contributed by atoms with Gasteiger partial charge in [-0.3, -0.25) is 4.79 Å². The lowest BCUT2D eigenvalue weighted by Crippen LogP contribution is -2.23. The Hall–Kier alpha value is -1.62. The molecule has 0 unspecified atom stereocenters. The Bertz CT molecular complexity index is 685. The molecular formula is C16H19BrN2O2. The minimum Gasteiger partial charge on any atom is -0.435 e. The maximum atomic E-state index is 12.3. The monoisotopic (exact) mass is 350 g/mol. The standard InChI is InChI=1S/C16H19BrN2O2/c1-10(2)9-19-6-5-18-15(16(19)20)21-13-7-11(3)14(17)12(4)8-13/h5-8,10H,9H2,1-4H3. The topological polar surface area (TPSA) is 44.1 Å². The molecule has 1 aromatic carbocycles. The zero-order chi connectivity index (χ0) is 15.6. The van der Waals surface area contributed by atoms with Crippen molar-refractivity contribution < 1.29 is 4.74 Å². The summed E-state index contributed by atoms with van der Waals surface area (Å²) in [6.45, 7) is 8.75. The van der Waals surface area contributed by atoms with Crippen LogP contribution < -0.4 is 10.3 Å². The molecule has 0 amide bonds. The van der Waals surface area contributed by atoms with Crippen molar-refractivity contribution >= 4 is 15.9 Å². The Balaban J connectivity index is 2.34. The molecule has 0 saturated heterocycles. The molecule has 0 saturated carbocycles. The van der Waals surface area contributed by atoms with Crippen molar-refractivity contribution in [1.29, 1.82) is 0 Å². The molecule has 0 N–H and O–H groups in total. The summed E-state index contributed by atoms with van der Waals surface area (Å²) in [6, 6.07) is 3.77. The molecule has 5 heteroatoms. The number of aromatic nitrogens is 2. The molecule has 0 spiro atoms. The van der Waals surface area contributed by atoms with Crippen LogP contribution in [-0.2, 0) is 6.54 Å². The minimum atomic E-state index is -0.204. The van der Waals surface area contributed by atoms with Gasteiger partial charge in [0, 0.05) is 23.4 Å². The Morgan fingerprint density at radius 2 is 1.90 bits per heavy atom. The molecule has 2 aromatic rings. The highest BCUT2D eigenvalue weighted by atomic mass is 79.9. The molecular weight excluding hydrogens is 332 g/mol. The van der Waals surface area contributed by atoms with Gasteiger partial charge in [0.25, 0.3) is 5.88 Å². The first kappa shape index (κ1) is 15.8. The molecule has 1 aromatic heterocycles. The summed E-state index contributed by atoms with van der Waals surface area (Å²) >= 11 is 3.51. The number of rotatable bonds is 4. The van der Waals surface area contributed by atoms with Crippen LogP contribution in [0.4, 0.5) is 0 Å². The average molecular weight is 351 g/mol. The molecule has 112 valence electrons. The lowest BCUT2D eigenvalue weighted by molar-refractivity contribution is 0.432. The lowest BCUT2D eigenvalue weighted by Gasteiger charge is -2.11. The second-order valence-electron chi connectivity index (χ2n) is 5.56. The van der Waals surface area contributed by atoms with E-state index in [9.17, 15) is 4.79 Å². The molecule has 2 rings (SSSR count). The summed E-state index contributed by atoms with van der Waals surface area (Å²) in [5, 5.41) is 0. The molecule has 4 nitrogen and oxygen atoms in total. The van der Waals surface area contributed by atoms with Crippen molar-refractivity contribution in [2.75, 3.05) is 0 Å². The predicted molar refractivity (Wildman–Crippen MR) is 87.0 cm³/mol. The summed E-state index contributed by atoms with van der Waals surface area (Å²) in [4.78, 5) is 16.4. The first-order valence-corrected chi connectivity index (χ1v) is 7.68. The molecule has 0 radical (unpaired) electrons. The maximum Gasteiger partial charge on any atom is 0.313 e. The largest absolute Gasteiger partial charge is 0.435 e. The molecule has 0 aliphatic carbocycles. The normalized spacial score (nSPS) is 11.0. The van der Waals surface area contributed by atoms with Gasteiger partial charge in [0.2, 0.25) is 0 Å². The molecule has 0 aliphatic rings. The fourth-order valence-corrected chi connectivity index (χ4v) is 2.34. The van der Waals surface area contributed by atoms with Gasteiger partial charge in [-0.25, -0.2) is 4.98 Å². The SMILES string of the molecule is Cc1cc(Oc2nccn(CC(C)C)c2=O)cc(C)c1Br. The summed E-state index contributed by atoms with van der Waals surface area (Å²) in [7, 11) is 0. The quantitative estimate of drug-likeness (QED) is 0.834. The highest BCUT2D eigenvalue weighted by Crippen LogP contribution is 2.27. The van der Waals surface area contributed by atoms with Crippen LogP contribution in [0.3, 0.4) is 0 Å². The highest BCUT2D eigenvalue weighted by Gasteiger charge is 2.10. The van der Waals surface area contributed by atoms with Gasteiger partial charge in [0.1, 0.15) is 5.75 Å². The van der Waals surface area contributed by atoms with Gasteiger partial charge >= 0.3 is 5.56 Å². The van der Waals surface area contributed by atoms with E-state index in [2.05, 4.69) is 34.8 Å². The van der Waals surface area contributed by atoms with Crippen LogP contribution in [0.1, 0.15) is 25.0 Å². The summed E-state index contributed by atoms with van der Waals surface area (Å²) < 4.78 is 8.36. The smallest absolute Gasteiger partial charge is 0.313 e. The first-order chi connectivity index (χ1) is 9.88. The number of benzene rings is 1. The van der Waals surface area contributed by atoms with Crippen LogP contribution in [0.5, 0.6) is 11.6 Å². The maximum absolute atomic E-state index is 12.3. The second-order valence-corrected chi connectivity index (χ2v) is 6.35. The van der Waals surface area contributed by atoms with Gasteiger partial charge < -0.3 is 9.30 Å². The number of aryl methyl sites for hydroxylation is 2. The molecule has 21 heavy (non-hydrogen) atoms. The fraction of sp³-hybridized carbons (Fsp3) is 0.375. The Labute approximate surface area is 132 Å². The molecule has 0 bridgehead atoms. The minimum absolute atomic E-state index is 0.110. The van der Waals surface area contributed by atoms with Crippen LogP contribution in [0, 0.1) is 19.8 Å². The van der Waals surface area contributed by atoms with E-state index in [1.165, 1.54) is 0 Å². The van der Waals surface area contributed by atoms with Crippen LogP contribution in [0.25, 0.3) is 0 Å². The van der Waals surface area contributed by atoms with Crippen molar-refractivity contribution in [3.63, 3.8) is 0 Å². The lowest BCUT2D eigenvalue weighted by atomic mass is 10.1. The van der Waals surface area contributed by atoms with E-state index in [0.717, 1.165) is 15.6 Å². The zero-order valence-corrected chi connectivity index (χ0v) is 14.3. The van der Waals surface area contributed by atoms with E-state index in [0.29, 0.717) is 18.2 Å². The van der Waals surface area contributed by atoms with Crippen LogP contribution in [-0.4, -0.2) is 9.55 Å². The molecule has 0 aliphatic heterocycles. The Morgan fingerprint density at radius 1 is 1.29 bits per heavy atom. The third-order valence-electron chi connectivity index (χ3n) is 3.07. The third kappa shape index (κ3) is 3.73. The van der Waals surface area contributed by atoms with E-state index < -0.39 is 0 Å². The van der Waals surface area contributed by atoms with Crippen molar-refractivity contribution in [3.8, 4) is 11.6 Å². The number of ether oxygens (including phenoxy) is 1. The number of nitrogens with zero attached hydrogens (tertiary/aromatic N) is 2. The van der Waals surface area contributed by atoms with E-state index in [-0.39, 0.29) is 11.4 Å². The van der Waals surface area contributed by atoms with Crippen molar-refractivity contribution in [2.24, 2.45) is 5.92 Å². The van der Waals surface area contributed by atoms with Gasteiger partial charge in [0.15, 0.2) is 0 Å². The third-order valence-corrected chi connectivity index (χ3v) is 4.32. The van der Waals surface area contributed by atoms with Crippen molar-refractivity contribution in [1.82, 2.24) is 9.55 Å². The fourth-order valence-electron chi connectivity index (χ4n) is 2.11. The first-order valence-electron chi connectivity index (χ1n) is 6.88. The van der Waals surface area contributed by atoms with Gasteiger partial charge in [0.05, 0.1) is 0 Å². The number of hydrogen-bond acceptors (Lipinski definition) is 3. The molecule has 1 heterocycles. The number of halogens is 1. The van der Waals surface area contributed by atoms with Crippen LogP contribution in [0.2, 0.25) is 0 Å². The van der Waals surface area contributed by atoms with Gasteiger partial charge in [-0.15, -0.1) is 0 Å². The van der Waals surface area contributed by atoms with E-state index in [4.69, 9.17) is 4.74 Å². The predicted octanol–water partition coefficient (Wildman–Crippen LogP) is 4.07. The second kappa shape index (κ2) is 6.43. The van der Waals surface area contributed by atoms with Crippen molar-refractivity contribution in [2.45, 2.75) is 34.2 Å². The van der Waals surface area contributed by atoms with E-state index in [1.807, 2.05) is 26.0 Å². The highest BCUT2D eigenvalue weighted by molar-refractivity contribution is 9.10. The summed E-state index contributed by atoms with van der Waals surface area (Å²) in [6.07, 6.45) is 3.28. The van der Waals surface area contributed by atoms with Gasteiger partial charge in [-0.2, -0.15) is 0 Å². The van der Waals surface area contributed by atoms with Crippen molar-refractivity contribution in [3.05, 3.63) is 50.5 Å². The number of hydrogen-bond donors (Lipinski definition) is 0. The van der Waals surface area contributed by atoms with Gasteiger partial charge in [-0.1, -0.05) is 29.8 Å².